The van der Waals surface area contributed by atoms with Crippen LogP contribution in [0.3, 0.4) is 0 Å². The largest absolute Gasteiger partial charge is 0.476 e. The van der Waals surface area contributed by atoms with Crippen molar-refractivity contribution in [3.63, 3.8) is 0 Å². The van der Waals surface area contributed by atoms with Gasteiger partial charge in [-0.25, -0.2) is 9.48 Å². The summed E-state index contributed by atoms with van der Waals surface area (Å²) in [6, 6.07) is 3.64. The van der Waals surface area contributed by atoms with E-state index in [1.807, 2.05) is 17.5 Å². The molecule has 0 aliphatic heterocycles. The lowest BCUT2D eigenvalue weighted by Crippen LogP contribution is -2.06. The molecule has 0 spiro atoms. The van der Waals surface area contributed by atoms with Crippen molar-refractivity contribution in [2.75, 3.05) is 0 Å². The van der Waals surface area contributed by atoms with Gasteiger partial charge in [-0.3, -0.25) is 0 Å². The lowest BCUT2D eigenvalue weighted by molar-refractivity contribution is 0.0691. The lowest BCUT2D eigenvalue weighted by atomic mass is 10.2. The minimum absolute atomic E-state index is 0.0917. The Hall–Kier alpha value is -2.55. The van der Waals surface area contributed by atoms with Gasteiger partial charge >= 0.3 is 5.97 Å². The maximum absolute atomic E-state index is 11.2. The van der Waals surface area contributed by atoms with E-state index in [-0.39, 0.29) is 12.2 Å². The Bertz CT molecular complexity index is 689. The van der Waals surface area contributed by atoms with Gasteiger partial charge in [0.1, 0.15) is 12.2 Å². The Morgan fingerprint density at radius 3 is 3.05 bits per heavy atom. The molecular formula is C10H7N5O3S. The predicted octanol–water partition coefficient (Wildman–Crippen LogP) is 1.14. The fraction of sp³-hybridized carbons (Fsp3) is 0.100. The molecule has 0 aliphatic rings. The summed E-state index contributed by atoms with van der Waals surface area (Å²) in [6.07, 6.45) is 1.20. The Balaban J connectivity index is 2.07. The molecule has 0 unspecified atom stereocenters. The average molecular weight is 277 g/mol. The molecule has 96 valence electrons. The molecular weight excluding hydrogens is 270 g/mol. The number of hydrogen-bond acceptors (Lipinski definition) is 7. The third-order valence-corrected chi connectivity index (χ3v) is 3.27. The van der Waals surface area contributed by atoms with E-state index in [0.717, 1.165) is 4.88 Å². The summed E-state index contributed by atoms with van der Waals surface area (Å²) in [4.78, 5) is 15.8. The molecule has 3 heterocycles. The van der Waals surface area contributed by atoms with Crippen molar-refractivity contribution >= 4 is 17.3 Å². The second kappa shape index (κ2) is 4.61. The first-order valence-corrected chi connectivity index (χ1v) is 6.09. The van der Waals surface area contributed by atoms with Crippen molar-refractivity contribution in [1.82, 2.24) is 25.1 Å². The molecule has 0 radical (unpaired) electrons. The van der Waals surface area contributed by atoms with Crippen LogP contribution in [0, 0.1) is 0 Å². The monoisotopic (exact) mass is 277 g/mol. The SMILES string of the molecule is O=C(O)c1nnn(Cc2ncon2)c1-c1cccs1. The van der Waals surface area contributed by atoms with Crippen molar-refractivity contribution in [2.24, 2.45) is 0 Å². The van der Waals surface area contributed by atoms with E-state index in [9.17, 15) is 4.79 Å². The number of aromatic carboxylic acids is 1. The first-order valence-electron chi connectivity index (χ1n) is 5.21. The van der Waals surface area contributed by atoms with Crippen molar-refractivity contribution in [1.29, 1.82) is 0 Å². The van der Waals surface area contributed by atoms with Gasteiger partial charge in [0.25, 0.3) is 0 Å². The van der Waals surface area contributed by atoms with Crippen LogP contribution in [0.4, 0.5) is 0 Å². The summed E-state index contributed by atoms with van der Waals surface area (Å²) in [5, 5.41) is 22.2. The predicted molar refractivity (Wildman–Crippen MR) is 63.7 cm³/mol. The van der Waals surface area contributed by atoms with Crippen molar-refractivity contribution in [2.45, 2.75) is 6.54 Å². The number of carboxylic acid groups (broad SMARTS) is 1. The van der Waals surface area contributed by atoms with Gasteiger partial charge in [0.05, 0.1) is 4.88 Å². The van der Waals surface area contributed by atoms with Crippen LogP contribution in [0.25, 0.3) is 10.6 Å². The van der Waals surface area contributed by atoms with Crippen LogP contribution >= 0.6 is 11.3 Å². The van der Waals surface area contributed by atoms with E-state index in [4.69, 9.17) is 5.11 Å². The molecule has 0 bridgehead atoms. The molecule has 19 heavy (non-hydrogen) atoms. The highest BCUT2D eigenvalue weighted by molar-refractivity contribution is 7.13. The topological polar surface area (TPSA) is 107 Å². The third kappa shape index (κ3) is 2.10. The quantitative estimate of drug-likeness (QED) is 0.761. The Morgan fingerprint density at radius 2 is 2.42 bits per heavy atom. The van der Waals surface area contributed by atoms with E-state index in [2.05, 4.69) is 25.0 Å². The van der Waals surface area contributed by atoms with Gasteiger partial charge in [0.2, 0.25) is 6.39 Å². The van der Waals surface area contributed by atoms with Crippen LogP contribution < -0.4 is 0 Å². The fourth-order valence-electron chi connectivity index (χ4n) is 1.62. The van der Waals surface area contributed by atoms with Crippen LogP contribution in [0.2, 0.25) is 0 Å². The lowest BCUT2D eigenvalue weighted by Gasteiger charge is -2.02. The fourth-order valence-corrected chi connectivity index (χ4v) is 2.40. The van der Waals surface area contributed by atoms with Crippen LogP contribution in [0.15, 0.2) is 28.4 Å². The zero-order chi connectivity index (χ0) is 13.2. The minimum atomic E-state index is -1.12. The summed E-state index contributed by atoms with van der Waals surface area (Å²) in [6.45, 7) is 0.198. The molecule has 0 saturated heterocycles. The molecule has 0 atom stereocenters. The number of rotatable bonds is 4. The first kappa shape index (κ1) is 11.5. The summed E-state index contributed by atoms with van der Waals surface area (Å²) in [5.74, 6) is -0.720. The molecule has 3 aromatic rings. The molecule has 0 aliphatic carbocycles. The number of nitrogens with zero attached hydrogens (tertiary/aromatic N) is 5. The van der Waals surface area contributed by atoms with Crippen LogP contribution in [-0.2, 0) is 6.54 Å². The second-order valence-electron chi connectivity index (χ2n) is 3.57. The molecule has 3 aromatic heterocycles. The molecule has 0 fully saturated rings. The maximum atomic E-state index is 11.2. The average Bonchev–Trinajstić information content (AvgIpc) is 3.09. The highest BCUT2D eigenvalue weighted by Crippen LogP contribution is 2.27. The van der Waals surface area contributed by atoms with E-state index in [0.29, 0.717) is 11.5 Å². The number of thiophene rings is 1. The smallest absolute Gasteiger partial charge is 0.358 e. The van der Waals surface area contributed by atoms with Gasteiger partial charge in [-0.15, -0.1) is 16.4 Å². The van der Waals surface area contributed by atoms with Crippen LogP contribution in [0.5, 0.6) is 0 Å². The van der Waals surface area contributed by atoms with Crippen molar-refractivity contribution < 1.29 is 14.4 Å². The van der Waals surface area contributed by atoms with E-state index < -0.39 is 5.97 Å². The number of carboxylic acids is 1. The number of carbonyl (C=O) groups is 1. The van der Waals surface area contributed by atoms with Gasteiger partial charge in [0.15, 0.2) is 11.5 Å². The van der Waals surface area contributed by atoms with Gasteiger partial charge < -0.3 is 9.63 Å². The van der Waals surface area contributed by atoms with Crippen molar-refractivity contribution in [3.8, 4) is 10.6 Å². The van der Waals surface area contributed by atoms with Crippen LogP contribution in [-0.4, -0.2) is 36.2 Å². The standard InChI is InChI=1S/C10H7N5O3S/c16-10(17)8-9(6-2-1-3-19-6)15(14-12-8)4-7-11-5-18-13-7/h1-3,5H,4H2,(H,16,17). The molecule has 0 aromatic carbocycles. The van der Waals surface area contributed by atoms with Gasteiger partial charge in [-0.1, -0.05) is 16.4 Å². The zero-order valence-corrected chi connectivity index (χ0v) is 10.2. The Labute approximate surface area is 110 Å². The zero-order valence-electron chi connectivity index (χ0n) is 9.42. The summed E-state index contributed by atoms with van der Waals surface area (Å²) in [5.41, 5.74) is 0.346. The molecule has 8 nitrogen and oxygen atoms in total. The maximum Gasteiger partial charge on any atom is 0.358 e. The number of hydrogen-bond donors (Lipinski definition) is 1. The normalized spacial score (nSPS) is 10.7. The van der Waals surface area contributed by atoms with Gasteiger partial charge in [-0.2, -0.15) is 4.98 Å². The molecule has 1 N–H and O–H groups in total. The van der Waals surface area contributed by atoms with E-state index in [1.54, 1.807) is 0 Å². The van der Waals surface area contributed by atoms with Crippen LogP contribution in [0.1, 0.15) is 16.3 Å². The van der Waals surface area contributed by atoms with Gasteiger partial charge in [0, 0.05) is 0 Å². The third-order valence-electron chi connectivity index (χ3n) is 2.39. The molecule has 3 rings (SSSR count). The minimum Gasteiger partial charge on any atom is -0.476 e. The highest BCUT2D eigenvalue weighted by Gasteiger charge is 2.22. The van der Waals surface area contributed by atoms with E-state index >= 15 is 0 Å². The van der Waals surface area contributed by atoms with Gasteiger partial charge in [-0.05, 0) is 11.4 Å². The molecule has 0 amide bonds. The summed E-state index contributed by atoms with van der Waals surface area (Å²) >= 11 is 1.41. The Morgan fingerprint density at radius 1 is 1.53 bits per heavy atom. The molecule has 0 saturated carbocycles. The number of aromatic nitrogens is 5. The van der Waals surface area contributed by atoms with Crippen molar-refractivity contribution in [3.05, 3.63) is 35.4 Å². The highest BCUT2D eigenvalue weighted by atomic mass is 32.1. The second-order valence-corrected chi connectivity index (χ2v) is 4.52. The molecule has 9 heteroatoms. The first-order chi connectivity index (χ1) is 9.25. The van der Waals surface area contributed by atoms with E-state index in [1.165, 1.54) is 22.4 Å². The summed E-state index contributed by atoms with van der Waals surface area (Å²) < 4.78 is 6.08. The Kier molecular flexibility index (Phi) is 2.80. The summed E-state index contributed by atoms with van der Waals surface area (Å²) in [7, 11) is 0.